The third-order valence-corrected chi connectivity index (χ3v) is 8.10. The molecule has 1 amide bonds. The topological polar surface area (TPSA) is 87.5 Å². The fraction of sp³-hybridized carbons (Fsp3) is 0.565. The lowest BCUT2D eigenvalue weighted by Gasteiger charge is -2.25. The fourth-order valence-electron chi connectivity index (χ4n) is 4.12. The lowest BCUT2D eigenvalue weighted by atomic mass is 10.0. The Balaban J connectivity index is 1.86. The van der Waals surface area contributed by atoms with Crippen molar-refractivity contribution in [3.63, 3.8) is 0 Å². The van der Waals surface area contributed by atoms with Crippen molar-refractivity contribution in [1.29, 1.82) is 0 Å². The van der Waals surface area contributed by atoms with Crippen molar-refractivity contribution in [3.8, 4) is 0 Å². The molecule has 0 bridgehead atoms. The van der Waals surface area contributed by atoms with Gasteiger partial charge >= 0.3 is 0 Å². The SMILES string of the molecule is Cc1nn(C)c(C)c1S(=O)(=O)N(CC(=O)NCCN1CCCC1)c1ccc(C(C)C)cc1. The molecule has 8 nitrogen and oxygen atoms in total. The van der Waals surface area contributed by atoms with E-state index in [1.165, 1.54) is 17.1 Å². The molecule has 32 heavy (non-hydrogen) atoms. The van der Waals surface area contributed by atoms with Crippen LogP contribution in [0.2, 0.25) is 0 Å². The molecule has 0 saturated carbocycles. The zero-order valence-electron chi connectivity index (χ0n) is 19.8. The van der Waals surface area contributed by atoms with Gasteiger partial charge in [-0.25, -0.2) is 8.42 Å². The standard InChI is InChI=1S/C23H35N5O3S/c1-17(2)20-8-10-21(11-9-20)28(16-22(29)24-12-15-27-13-6-7-14-27)32(30,31)23-18(3)25-26(5)19(23)4/h8-11,17H,6-7,12-16H2,1-5H3,(H,24,29). The average Bonchev–Trinajstić information content (AvgIpc) is 3.34. The summed E-state index contributed by atoms with van der Waals surface area (Å²) in [6, 6.07) is 7.37. The van der Waals surface area contributed by atoms with Crippen LogP contribution in [0, 0.1) is 13.8 Å². The Kier molecular flexibility index (Phi) is 7.61. The number of carbonyl (C=O) groups excluding carboxylic acids is 1. The highest BCUT2D eigenvalue weighted by molar-refractivity contribution is 7.93. The number of carbonyl (C=O) groups is 1. The summed E-state index contributed by atoms with van der Waals surface area (Å²) in [5.41, 5.74) is 2.53. The number of aromatic nitrogens is 2. The van der Waals surface area contributed by atoms with Crippen LogP contribution in [0.25, 0.3) is 0 Å². The van der Waals surface area contributed by atoms with Crippen LogP contribution in [0.5, 0.6) is 0 Å². The molecule has 3 rings (SSSR count). The third-order valence-electron chi connectivity index (χ3n) is 6.07. The van der Waals surface area contributed by atoms with Crippen LogP contribution < -0.4 is 9.62 Å². The number of nitrogens with one attached hydrogen (secondary N) is 1. The largest absolute Gasteiger partial charge is 0.353 e. The zero-order valence-corrected chi connectivity index (χ0v) is 20.6. The van der Waals surface area contributed by atoms with E-state index in [0.717, 1.165) is 25.2 Å². The monoisotopic (exact) mass is 461 g/mol. The number of amides is 1. The Labute approximate surface area is 191 Å². The summed E-state index contributed by atoms with van der Waals surface area (Å²) in [7, 11) is -2.27. The molecule has 0 radical (unpaired) electrons. The molecule has 1 aliphatic rings. The zero-order chi connectivity index (χ0) is 23.5. The van der Waals surface area contributed by atoms with Gasteiger partial charge in [-0.05, 0) is 63.4 Å². The summed E-state index contributed by atoms with van der Waals surface area (Å²) in [6.07, 6.45) is 2.38. The Hall–Kier alpha value is -2.39. The van der Waals surface area contributed by atoms with Crippen LogP contribution in [0.1, 0.15) is 49.6 Å². The molecule has 1 aliphatic heterocycles. The summed E-state index contributed by atoms with van der Waals surface area (Å²) in [6.45, 7) is 10.7. The second-order valence-corrected chi connectivity index (χ2v) is 10.6. The van der Waals surface area contributed by atoms with Gasteiger partial charge < -0.3 is 10.2 Å². The lowest BCUT2D eigenvalue weighted by molar-refractivity contribution is -0.119. The number of benzene rings is 1. The van der Waals surface area contributed by atoms with Crippen molar-refractivity contribution in [3.05, 3.63) is 41.2 Å². The Bertz CT molecular complexity index is 1040. The Morgan fingerprint density at radius 1 is 1.16 bits per heavy atom. The van der Waals surface area contributed by atoms with Crippen molar-refractivity contribution in [2.75, 3.05) is 37.0 Å². The first-order chi connectivity index (χ1) is 15.1. The van der Waals surface area contributed by atoms with Crippen LogP contribution in [0.4, 0.5) is 5.69 Å². The number of nitrogens with zero attached hydrogens (tertiary/aromatic N) is 4. The highest BCUT2D eigenvalue weighted by Gasteiger charge is 2.32. The normalized spacial score (nSPS) is 14.8. The predicted octanol–water partition coefficient (Wildman–Crippen LogP) is 2.57. The number of anilines is 1. The quantitative estimate of drug-likeness (QED) is 0.620. The van der Waals surface area contributed by atoms with E-state index in [0.29, 0.717) is 29.5 Å². The maximum absolute atomic E-state index is 13.7. The highest BCUT2D eigenvalue weighted by atomic mass is 32.2. The van der Waals surface area contributed by atoms with E-state index in [1.54, 1.807) is 37.7 Å². The van der Waals surface area contributed by atoms with Gasteiger partial charge in [0, 0.05) is 20.1 Å². The van der Waals surface area contributed by atoms with Gasteiger partial charge in [-0.15, -0.1) is 0 Å². The van der Waals surface area contributed by atoms with Crippen molar-refractivity contribution in [2.24, 2.45) is 7.05 Å². The highest BCUT2D eigenvalue weighted by Crippen LogP contribution is 2.29. The van der Waals surface area contributed by atoms with Crippen LogP contribution in [-0.2, 0) is 21.9 Å². The molecule has 0 aliphatic carbocycles. The molecule has 2 aromatic rings. The number of likely N-dealkylation sites (tertiary alicyclic amines) is 1. The van der Waals surface area contributed by atoms with E-state index in [9.17, 15) is 13.2 Å². The first kappa shape index (κ1) is 24.3. The van der Waals surface area contributed by atoms with E-state index in [-0.39, 0.29) is 17.3 Å². The number of hydrogen-bond acceptors (Lipinski definition) is 5. The first-order valence-corrected chi connectivity index (χ1v) is 12.7. The summed E-state index contributed by atoms with van der Waals surface area (Å²) < 4.78 is 30.2. The molecule has 1 N–H and O–H groups in total. The molecule has 1 aromatic heterocycles. The van der Waals surface area contributed by atoms with Crippen LogP contribution >= 0.6 is 0 Å². The maximum Gasteiger partial charge on any atom is 0.268 e. The summed E-state index contributed by atoms with van der Waals surface area (Å²) in [4.78, 5) is 15.2. The number of rotatable bonds is 9. The summed E-state index contributed by atoms with van der Waals surface area (Å²) in [5, 5.41) is 7.16. The van der Waals surface area contributed by atoms with Gasteiger partial charge in [-0.3, -0.25) is 13.8 Å². The van der Waals surface area contributed by atoms with Gasteiger partial charge in [0.1, 0.15) is 11.4 Å². The molecule has 2 heterocycles. The molecule has 0 atom stereocenters. The molecular weight excluding hydrogens is 426 g/mol. The van der Waals surface area contributed by atoms with Crippen LogP contribution in [0.15, 0.2) is 29.2 Å². The van der Waals surface area contributed by atoms with Crippen molar-refractivity contribution in [1.82, 2.24) is 20.0 Å². The molecule has 1 aromatic carbocycles. The smallest absolute Gasteiger partial charge is 0.268 e. The molecule has 9 heteroatoms. The van der Waals surface area contributed by atoms with Crippen LogP contribution in [0.3, 0.4) is 0 Å². The molecule has 1 saturated heterocycles. The first-order valence-electron chi connectivity index (χ1n) is 11.2. The number of aryl methyl sites for hydroxylation is 2. The number of hydrogen-bond donors (Lipinski definition) is 1. The Morgan fingerprint density at radius 3 is 2.31 bits per heavy atom. The molecule has 0 unspecified atom stereocenters. The second kappa shape index (κ2) is 10.0. The average molecular weight is 462 g/mol. The van der Waals surface area contributed by atoms with E-state index >= 15 is 0 Å². The van der Waals surface area contributed by atoms with Gasteiger partial charge in [0.05, 0.1) is 17.1 Å². The molecular formula is C23H35N5O3S. The van der Waals surface area contributed by atoms with Crippen LogP contribution in [-0.4, -0.2) is 61.7 Å². The van der Waals surface area contributed by atoms with E-state index < -0.39 is 10.0 Å². The van der Waals surface area contributed by atoms with E-state index in [4.69, 9.17) is 0 Å². The minimum atomic E-state index is -3.98. The number of sulfonamides is 1. The third kappa shape index (κ3) is 5.32. The second-order valence-electron chi connectivity index (χ2n) is 8.78. The van der Waals surface area contributed by atoms with Gasteiger partial charge in [0.15, 0.2) is 0 Å². The maximum atomic E-state index is 13.7. The summed E-state index contributed by atoms with van der Waals surface area (Å²) in [5.74, 6) is 0.00529. The Morgan fingerprint density at radius 2 is 1.78 bits per heavy atom. The molecule has 0 spiro atoms. The minimum Gasteiger partial charge on any atom is -0.353 e. The van der Waals surface area contributed by atoms with Gasteiger partial charge in [-0.1, -0.05) is 26.0 Å². The van der Waals surface area contributed by atoms with Gasteiger partial charge in [0.25, 0.3) is 10.0 Å². The van der Waals surface area contributed by atoms with Crippen molar-refractivity contribution in [2.45, 2.75) is 51.3 Å². The minimum absolute atomic E-state index is 0.151. The van der Waals surface area contributed by atoms with Crippen molar-refractivity contribution >= 4 is 21.6 Å². The predicted molar refractivity (Wildman–Crippen MR) is 126 cm³/mol. The van der Waals surface area contributed by atoms with E-state index in [1.807, 2.05) is 12.1 Å². The molecule has 176 valence electrons. The lowest BCUT2D eigenvalue weighted by Crippen LogP contribution is -2.43. The van der Waals surface area contributed by atoms with E-state index in [2.05, 4.69) is 29.2 Å². The van der Waals surface area contributed by atoms with Gasteiger partial charge in [0.2, 0.25) is 5.91 Å². The van der Waals surface area contributed by atoms with Crippen molar-refractivity contribution < 1.29 is 13.2 Å². The summed E-state index contributed by atoms with van der Waals surface area (Å²) >= 11 is 0. The molecule has 1 fully saturated rings. The fourth-order valence-corrected chi connectivity index (χ4v) is 5.95. The van der Waals surface area contributed by atoms with Gasteiger partial charge in [-0.2, -0.15) is 5.10 Å².